The molecule has 94 valence electrons. The highest BCUT2D eigenvalue weighted by atomic mass is 16.3. The van der Waals surface area contributed by atoms with Gasteiger partial charge in [-0.3, -0.25) is 4.98 Å². The lowest BCUT2D eigenvalue weighted by molar-refractivity contribution is 0.119. The molecule has 0 amide bonds. The molecule has 2 atom stereocenters. The fourth-order valence-electron chi connectivity index (χ4n) is 2.46. The van der Waals surface area contributed by atoms with Crippen LogP contribution in [-0.4, -0.2) is 22.2 Å². The molecule has 2 N–H and O–H groups in total. The van der Waals surface area contributed by atoms with Crippen molar-refractivity contribution in [2.24, 2.45) is 0 Å². The van der Waals surface area contributed by atoms with Gasteiger partial charge >= 0.3 is 0 Å². The van der Waals surface area contributed by atoms with Gasteiger partial charge in [0.1, 0.15) is 0 Å². The van der Waals surface area contributed by atoms with Crippen molar-refractivity contribution in [3.8, 4) is 0 Å². The summed E-state index contributed by atoms with van der Waals surface area (Å²) in [4.78, 5) is 4.37. The lowest BCUT2D eigenvalue weighted by atomic mass is 10.1. The van der Waals surface area contributed by atoms with Gasteiger partial charge in [-0.25, -0.2) is 0 Å². The summed E-state index contributed by atoms with van der Waals surface area (Å²) >= 11 is 0. The third kappa shape index (κ3) is 3.51. The molecule has 1 saturated carbocycles. The lowest BCUT2D eigenvalue weighted by Crippen LogP contribution is -2.38. The van der Waals surface area contributed by atoms with Gasteiger partial charge < -0.3 is 10.4 Å². The minimum atomic E-state index is -0.193. The van der Waals surface area contributed by atoms with Gasteiger partial charge in [-0.1, -0.05) is 25.3 Å². The molecule has 3 nitrogen and oxygen atoms in total. The molecule has 1 fully saturated rings. The first-order valence-corrected chi connectivity index (χ1v) is 6.59. The minimum Gasteiger partial charge on any atom is -0.392 e. The molecule has 2 unspecified atom stereocenters. The molecule has 0 aromatic carbocycles. The highest BCUT2D eigenvalue weighted by molar-refractivity contribution is 5.17. The zero-order valence-corrected chi connectivity index (χ0v) is 10.5. The Balaban J connectivity index is 1.90. The van der Waals surface area contributed by atoms with E-state index in [1.807, 2.05) is 12.3 Å². The summed E-state index contributed by atoms with van der Waals surface area (Å²) in [5, 5.41) is 13.5. The molecule has 1 aromatic heterocycles. The Morgan fingerprint density at radius 2 is 2.18 bits per heavy atom. The van der Waals surface area contributed by atoms with Crippen LogP contribution >= 0.6 is 0 Å². The van der Waals surface area contributed by atoms with E-state index in [4.69, 9.17) is 0 Å². The second kappa shape index (κ2) is 6.12. The van der Waals surface area contributed by atoms with Crippen LogP contribution in [0.1, 0.15) is 43.4 Å². The second-order valence-electron chi connectivity index (χ2n) is 4.96. The van der Waals surface area contributed by atoms with E-state index in [1.54, 1.807) is 0 Å². The quantitative estimate of drug-likeness (QED) is 0.788. The number of aryl methyl sites for hydroxylation is 1. The largest absolute Gasteiger partial charge is 0.392 e. The summed E-state index contributed by atoms with van der Waals surface area (Å²) in [7, 11) is 0. The molecule has 1 heterocycles. The molecule has 0 saturated heterocycles. The average molecular weight is 234 g/mol. The number of nitrogens with one attached hydrogen (secondary N) is 1. The Kier molecular flexibility index (Phi) is 4.51. The van der Waals surface area contributed by atoms with Crippen molar-refractivity contribution in [2.75, 3.05) is 0 Å². The van der Waals surface area contributed by atoms with Crippen molar-refractivity contribution in [1.29, 1.82) is 0 Å². The Hall–Kier alpha value is -0.930. The molecule has 0 spiro atoms. The molecule has 0 aliphatic heterocycles. The molecule has 1 aliphatic carbocycles. The maximum Gasteiger partial charge on any atom is 0.0693 e. The summed E-state index contributed by atoms with van der Waals surface area (Å²) < 4.78 is 0. The standard InChI is InChI=1S/C14H22N2O/c1-11-6-5-9-15-13(11)10-16-12-7-3-2-4-8-14(12)17/h5-6,9,12,14,16-17H,2-4,7-8,10H2,1H3. The van der Waals surface area contributed by atoms with E-state index in [0.717, 1.165) is 31.5 Å². The van der Waals surface area contributed by atoms with Crippen molar-refractivity contribution in [3.05, 3.63) is 29.6 Å². The summed E-state index contributed by atoms with van der Waals surface area (Å²) in [6.07, 6.45) is 7.26. The number of hydrogen-bond acceptors (Lipinski definition) is 3. The van der Waals surface area contributed by atoms with Crippen LogP contribution in [0.4, 0.5) is 0 Å². The number of nitrogens with zero attached hydrogens (tertiary/aromatic N) is 1. The van der Waals surface area contributed by atoms with Crippen LogP contribution in [0.3, 0.4) is 0 Å². The average Bonchev–Trinajstić information content (AvgIpc) is 2.53. The number of rotatable bonds is 3. The first-order valence-electron chi connectivity index (χ1n) is 6.59. The number of aliphatic hydroxyl groups is 1. The number of pyridine rings is 1. The van der Waals surface area contributed by atoms with Crippen LogP contribution in [0.15, 0.2) is 18.3 Å². The zero-order valence-electron chi connectivity index (χ0n) is 10.5. The van der Waals surface area contributed by atoms with Gasteiger partial charge in [0, 0.05) is 18.8 Å². The topological polar surface area (TPSA) is 45.2 Å². The molecule has 0 radical (unpaired) electrons. The van der Waals surface area contributed by atoms with Gasteiger partial charge in [-0.15, -0.1) is 0 Å². The van der Waals surface area contributed by atoms with Crippen molar-refractivity contribution < 1.29 is 5.11 Å². The third-order valence-electron chi connectivity index (χ3n) is 3.63. The second-order valence-corrected chi connectivity index (χ2v) is 4.96. The van der Waals surface area contributed by atoms with E-state index in [0.29, 0.717) is 0 Å². The maximum atomic E-state index is 10.0. The van der Waals surface area contributed by atoms with Crippen molar-refractivity contribution in [1.82, 2.24) is 10.3 Å². The van der Waals surface area contributed by atoms with Gasteiger partial charge in [0.05, 0.1) is 11.8 Å². The number of aromatic nitrogens is 1. The molecule has 17 heavy (non-hydrogen) atoms. The minimum absolute atomic E-state index is 0.193. The van der Waals surface area contributed by atoms with E-state index in [2.05, 4.69) is 23.3 Å². The lowest BCUT2D eigenvalue weighted by Gasteiger charge is -2.22. The van der Waals surface area contributed by atoms with Crippen LogP contribution in [0.5, 0.6) is 0 Å². The first-order chi connectivity index (χ1) is 8.27. The monoisotopic (exact) mass is 234 g/mol. The zero-order chi connectivity index (χ0) is 12.1. The van der Waals surface area contributed by atoms with Crippen molar-refractivity contribution >= 4 is 0 Å². The molecule has 2 rings (SSSR count). The Morgan fingerprint density at radius 1 is 1.35 bits per heavy atom. The van der Waals surface area contributed by atoms with Gasteiger partial charge in [0.15, 0.2) is 0 Å². The highest BCUT2D eigenvalue weighted by Crippen LogP contribution is 2.18. The molecule has 1 aromatic rings. The number of hydrogen-bond donors (Lipinski definition) is 2. The van der Waals surface area contributed by atoms with Crippen LogP contribution in [0.25, 0.3) is 0 Å². The Labute approximate surface area is 103 Å². The molecule has 3 heteroatoms. The van der Waals surface area contributed by atoms with Crippen LogP contribution in [0.2, 0.25) is 0 Å². The van der Waals surface area contributed by atoms with E-state index in [9.17, 15) is 5.11 Å². The van der Waals surface area contributed by atoms with Gasteiger partial charge in [0.2, 0.25) is 0 Å². The fourth-order valence-corrected chi connectivity index (χ4v) is 2.46. The van der Waals surface area contributed by atoms with E-state index in [-0.39, 0.29) is 12.1 Å². The smallest absolute Gasteiger partial charge is 0.0693 e. The van der Waals surface area contributed by atoms with E-state index >= 15 is 0 Å². The normalized spacial score (nSPS) is 25.5. The van der Waals surface area contributed by atoms with Gasteiger partial charge in [-0.05, 0) is 31.4 Å². The molecular formula is C14H22N2O. The van der Waals surface area contributed by atoms with Crippen LogP contribution in [-0.2, 0) is 6.54 Å². The summed E-state index contributed by atoms with van der Waals surface area (Å²) in [6.45, 7) is 2.84. The van der Waals surface area contributed by atoms with Crippen molar-refractivity contribution in [2.45, 2.75) is 57.7 Å². The van der Waals surface area contributed by atoms with E-state index < -0.39 is 0 Å². The molecule has 0 bridgehead atoms. The summed E-state index contributed by atoms with van der Waals surface area (Å²) in [6, 6.07) is 4.27. The van der Waals surface area contributed by atoms with E-state index in [1.165, 1.54) is 18.4 Å². The Morgan fingerprint density at radius 3 is 3.00 bits per heavy atom. The van der Waals surface area contributed by atoms with Crippen LogP contribution < -0.4 is 5.32 Å². The highest BCUT2D eigenvalue weighted by Gasteiger charge is 2.20. The van der Waals surface area contributed by atoms with Crippen molar-refractivity contribution in [3.63, 3.8) is 0 Å². The third-order valence-corrected chi connectivity index (χ3v) is 3.63. The van der Waals surface area contributed by atoms with Gasteiger partial charge in [0.25, 0.3) is 0 Å². The SMILES string of the molecule is Cc1cccnc1CNC1CCCCCC1O. The Bertz CT molecular complexity index is 354. The summed E-state index contributed by atoms with van der Waals surface area (Å²) in [5.41, 5.74) is 2.30. The first kappa shape index (κ1) is 12.5. The van der Waals surface area contributed by atoms with Gasteiger partial charge in [-0.2, -0.15) is 0 Å². The number of aliphatic hydroxyl groups excluding tert-OH is 1. The van der Waals surface area contributed by atoms with Crippen LogP contribution in [0, 0.1) is 6.92 Å². The summed E-state index contributed by atoms with van der Waals surface area (Å²) in [5.74, 6) is 0. The predicted molar refractivity (Wildman–Crippen MR) is 68.7 cm³/mol. The predicted octanol–water partition coefficient (Wildman–Crippen LogP) is 2.17. The fraction of sp³-hybridized carbons (Fsp3) is 0.643. The molecule has 1 aliphatic rings. The molecular weight excluding hydrogens is 212 g/mol. The maximum absolute atomic E-state index is 10.0.